The van der Waals surface area contributed by atoms with Crippen molar-refractivity contribution in [2.75, 3.05) is 6.79 Å². The van der Waals surface area contributed by atoms with E-state index in [-0.39, 0.29) is 18.5 Å². The van der Waals surface area contributed by atoms with Crippen molar-refractivity contribution in [1.82, 2.24) is 0 Å². The zero-order valence-corrected chi connectivity index (χ0v) is 7.70. The smallest absolute Gasteiger partial charge is 0.231 e. The molecule has 3 nitrogen and oxygen atoms in total. The molecule has 0 spiro atoms. The van der Waals surface area contributed by atoms with Crippen LogP contribution in [0.1, 0.15) is 25.3 Å². The second kappa shape index (κ2) is 2.83. The highest BCUT2D eigenvalue weighted by atomic mass is 16.7. The summed E-state index contributed by atoms with van der Waals surface area (Å²) < 4.78 is 10.5. The molecule has 0 saturated carbocycles. The molecule has 0 aromatic heterocycles. The van der Waals surface area contributed by atoms with Gasteiger partial charge in [0, 0.05) is 5.56 Å². The van der Waals surface area contributed by atoms with E-state index in [1.807, 2.05) is 13.8 Å². The Kier molecular flexibility index (Phi) is 1.79. The summed E-state index contributed by atoms with van der Waals surface area (Å²) in [6.45, 7) is 4.27. The van der Waals surface area contributed by atoms with Crippen molar-refractivity contribution in [3.05, 3.63) is 17.7 Å². The van der Waals surface area contributed by atoms with Gasteiger partial charge in [0.1, 0.15) is 5.75 Å². The third kappa shape index (κ3) is 1.20. The third-order valence-corrected chi connectivity index (χ3v) is 2.13. The maximum atomic E-state index is 9.61. The Labute approximate surface area is 76.9 Å². The summed E-state index contributed by atoms with van der Waals surface area (Å²) in [5, 5.41) is 9.61. The number of hydrogen-bond donors (Lipinski definition) is 1. The van der Waals surface area contributed by atoms with Crippen LogP contribution in [0.15, 0.2) is 12.1 Å². The van der Waals surface area contributed by atoms with Crippen molar-refractivity contribution < 1.29 is 14.6 Å². The van der Waals surface area contributed by atoms with Crippen LogP contribution in [0.25, 0.3) is 0 Å². The maximum absolute atomic E-state index is 9.61. The summed E-state index contributed by atoms with van der Waals surface area (Å²) in [6.07, 6.45) is 0. The van der Waals surface area contributed by atoms with Gasteiger partial charge < -0.3 is 14.6 Å². The van der Waals surface area contributed by atoms with Crippen molar-refractivity contribution in [3.63, 3.8) is 0 Å². The molecule has 1 aromatic carbocycles. The monoisotopic (exact) mass is 180 g/mol. The molecule has 2 rings (SSSR count). The van der Waals surface area contributed by atoms with E-state index >= 15 is 0 Å². The fraction of sp³-hybridized carbons (Fsp3) is 0.400. The molecule has 0 amide bonds. The molecule has 3 heteroatoms. The topological polar surface area (TPSA) is 38.7 Å². The third-order valence-electron chi connectivity index (χ3n) is 2.13. The molecular weight excluding hydrogens is 168 g/mol. The van der Waals surface area contributed by atoms with Crippen molar-refractivity contribution in [3.8, 4) is 17.2 Å². The van der Waals surface area contributed by atoms with Gasteiger partial charge in [0.2, 0.25) is 6.79 Å². The number of ether oxygens (including phenoxy) is 2. The Hall–Kier alpha value is -1.38. The van der Waals surface area contributed by atoms with Crippen LogP contribution in [0.2, 0.25) is 0 Å². The zero-order chi connectivity index (χ0) is 9.42. The number of aromatic hydroxyl groups is 1. The van der Waals surface area contributed by atoms with Gasteiger partial charge in [0.15, 0.2) is 11.5 Å². The second-order valence-electron chi connectivity index (χ2n) is 3.39. The van der Waals surface area contributed by atoms with E-state index in [1.165, 1.54) is 0 Å². The first-order valence-corrected chi connectivity index (χ1v) is 4.31. The molecule has 1 heterocycles. The summed E-state index contributed by atoms with van der Waals surface area (Å²) in [6, 6.07) is 3.37. The normalized spacial score (nSPS) is 13.8. The van der Waals surface area contributed by atoms with E-state index in [4.69, 9.17) is 9.47 Å². The molecule has 0 atom stereocenters. The predicted octanol–water partition coefficient (Wildman–Crippen LogP) is 2.24. The molecule has 1 aliphatic heterocycles. The first-order chi connectivity index (χ1) is 6.20. The maximum Gasteiger partial charge on any atom is 0.231 e. The van der Waals surface area contributed by atoms with Crippen molar-refractivity contribution in [1.29, 1.82) is 0 Å². The number of fused-ring (bicyclic) bond motifs is 1. The minimum Gasteiger partial charge on any atom is -0.508 e. The Morgan fingerprint density at radius 2 is 2.08 bits per heavy atom. The molecule has 1 aromatic rings. The van der Waals surface area contributed by atoms with E-state index < -0.39 is 0 Å². The van der Waals surface area contributed by atoms with Gasteiger partial charge in [-0.3, -0.25) is 0 Å². The molecular formula is C10H12O3. The molecule has 0 unspecified atom stereocenters. The Morgan fingerprint density at radius 3 is 2.77 bits per heavy atom. The molecule has 0 aliphatic carbocycles. The van der Waals surface area contributed by atoms with Gasteiger partial charge >= 0.3 is 0 Å². The van der Waals surface area contributed by atoms with Gasteiger partial charge in [-0.05, 0) is 18.1 Å². The lowest BCUT2D eigenvalue weighted by atomic mass is 10.0. The summed E-state index contributed by atoms with van der Waals surface area (Å²) in [7, 11) is 0. The van der Waals surface area contributed by atoms with Crippen LogP contribution >= 0.6 is 0 Å². The summed E-state index contributed by atoms with van der Waals surface area (Å²) in [5.41, 5.74) is 0.829. The second-order valence-corrected chi connectivity index (χ2v) is 3.39. The minimum atomic E-state index is 0.233. The van der Waals surface area contributed by atoms with Gasteiger partial charge in [-0.2, -0.15) is 0 Å². The van der Waals surface area contributed by atoms with Gasteiger partial charge in [0.05, 0.1) is 0 Å². The van der Waals surface area contributed by atoms with Crippen LogP contribution in [0.4, 0.5) is 0 Å². The van der Waals surface area contributed by atoms with Crippen LogP contribution < -0.4 is 9.47 Å². The fourth-order valence-corrected chi connectivity index (χ4v) is 1.54. The molecule has 1 N–H and O–H groups in total. The Balaban J connectivity index is 2.58. The van der Waals surface area contributed by atoms with Gasteiger partial charge in [-0.15, -0.1) is 0 Å². The standard InChI is InChI=1S/C10H12O3/c1-6(2)9-7(11)3-4-8-10(9)13-5-12-8/h3-4,6,11H,5H2,1-2H3. The highest BCUT2D eigenvalue weighted by Gasteiger charge is 2.22. The molecule has 0 saturated heterocycles. The van der Waals surface area contributed by atoms with Gasteiger partial charge in [0.25, 0.3) is 0 Å². The molecule has 0 fully saturated rings. The molecule has 0 radical (unpaired) electrons. The van der Waals surface area contributed by atoms with Crippen LogP contribution in [0, 0.1) is 0 Å². The molecule has 70 valence electrons. The molecule has 13 heavy (non-hydrogen) atoms. The average molecular weight is 180 g/mol. The average Bonchev–Trinajstić information content (AvgIpc) is 2.50. The number of phenols is 1. The van der Waals surface area contributed by atoms with Crippen molar-refractivity contribution in [2.24, 2.45) is 0 Å². The highest BCUT2D eigenvalue weighted by Crippen LogP contribution is 2.43. The number of benzene rings is 1. The van der Waals surface area contributed by atoms with Gasteiger partial charge in [-0.1, -0.05) is 13.8 Å². The highest BCUT2D eigenvalue weighted by molar-refractivity contribution is 5.55. The van der Waals surface area contributed by atoms with Crippen LogP contribution in [-0.4, -0.2) is 11.9 Å². The lowest BCUT2D eigenvalue weighted by Gasteiger charge is -2.10. The number of hydrogen-bond acceptors (Lipinski definition) is 3. The van der Waals surface area contributed by atoms with E-state index in [1.54, 1.807) is 12.1 Å². The summed E-state index contributed by atoms with van der Waals surface area (Å²) >= 11 is 0. The van der Waals surface area contributed by atoms with E-state index in [0.717, 1.165) is 11.3 Å². The SMILES string of the molecule is CC(C)c1c(O)ccc2c1OCO2. The quantitative estimate of drug-likeness (QED) is 0.720. The molecule has 1 aliphatic rings. The first kappa shape index (κ1) is 8.23. The van der Waals surface area contributed by atoms with E-state index in [9.17, 15) is 5.11 Å². The Morgan fingerprint density at radius 1 is 1.31 bits per heavy atom. The van der Waals surface area contributed by atoms with Gasteiger partial charge in [-0.25, -0.2) is 0 Å². The minimum absolute atomic E-state index is 0.233. The lowest BCUT2D eigenvalue weighted by molar-refractivity contribution is 0.173. The summed E-state index contributed by atoms with van der Waals surface area (Å²) in [4.78, 5) is 0. The van der Waals surface area contributed by atoms with E-state index in [0.29, 0.717) is 5.75 Å². The number of rotatable bonds is 1. The Bertz CT molecular complexity index is 331. The van der Waals surface area contributed by atoms with Crippen molar-refractivity contribution >= 4 is 0 Å². The zero-order valence-electron chi connectivity index (χ0n) is 7.70. The van der Waals surface area contributed by atoms with Crippen LogP contribution in [-0.2, 0) is 0 Å². The number of phenolic OH excluding ortho intramolecular Hbond substituents is 1. The van der Waals surface area contributed by atoms with E-state index in [2.05, 4.69) is 0 Å². The van der Waals surface area contributed by atoms with Crippen LogP contribution in [0.3, 0.4) is 0 Å². The summed E-state index contributed by atoms with van der Waals surface area (Å²) in [5.74, 6) is 1.92. The first-order valence-electron chi connectivity index (χ1n) is 4.31. The largest absolute Gasteiger partial charge is 0.508 e. The van der Waals surface area contributed by atoms with Crippen LogP contribution in [0.5, 0.6) is 17.2 Å². The van der Waals surface area contributed by atoms with Crippen molar-refractivity contribution in [2.45, 2.75) is 19.8 Å². The fourth-order valence-electron chi connectivity index (χ4n) is 1.54. The molecule has 0 bridgehead atoms. The lowest BCUT2D eigenvalue weighted by Crippen LogP contribution is -1.95. The predicted molar refractivity (Wildman–Crippen MR) is 48.3 cm³/mol.